The average Bonchev–Trinajstić information content (AvgIpc) is 2.41. The highest BCUT2D eigenvalue weighted by molar-refractivity contribution is 5.89. The van der Waals surface area contributed by atoms with Gasteiger partial charge in [0.25, 0.3) is 0 Å². The lowest BCUT2D eigenvalue weighted by Crippen LogP contribution is -1.94. The highest BCUT2D eigenvalue weighted by Crippen LogP contribution is 2.28. The van der Waals surface area contributed by atoms with Crippen LogP contribution in [0, 0.1) is 0 Å². The highest BCUT2D eigenvalue weighted by Gasteiger charge is 2.04. The molecular formula is C15H14O3. The molecule has 0 heterocycles. The van der Waals surface area contributed by atoms with Crippen LogP contribution in [0.3, 0.4) is 0 Å². The van der Waals surface area contributed by atoms with E-state index in [1.165, 1.54) is 13.2 Å². The number of carbonyl (C=O) groups is 1. The maximum atomic E-state index is 10.9. The molecule has 0 spiro atoms. The molecule has 0 aromatic heterocycles. The van der Waals surface area contributed by atoms with Crippen molar-refractivity contribution in [3.05, 3.63) is 54.1 Å². The number of esters is 1. The first-order chi connectivity index (χ1) is 8.72. The van der Waals surface area contributed by atoms with Gasteiger partial charge in [-0.25, -0.2) is 4.79 Å². The van der Waals surface area contributed by atoms with Crippen molar-refractivity contribution in [2.75, 3.05) is 7.11 Å². The van der Waals surface area contributed by atoms with E-state index in [0.717, 1.165) is 16.3 Å². The summed E-state index contributed by atoms with van der Waals surface area (Å²) < 4.78 is 4.50. The van der Waals surface area contributed by atoms with Gasteiger partial charge in [-0.3, -0.25) is 0 Å². The van der Waals surface area contributed by atoms with E-state index in [0.29, 0.717) is 6.42 Å². The Kier molecular flexibility index (Phi) is 3.63. The molecule has 0 unspecified atom stereocenters. The Labute approximate surface area is 105 Å². The quantitative estimate of drug-likeness (QED) is 0.665. The number of benzene rings is 2. The number of carbonyl (C=O) groups excluding carboxylic acids is 1. The van der Waals surface area contributed by atoms with E-state index in [1.807, 2.05) is 36.4 Å². The summed E-state index contributed by atoms with van der Waals surface area (Å²) in [5, 5.41) is 11.9. The lowest BCUT2D eigenvalue weighted by molar-refractivity contribution is -0.134. The number of fused-ring (bicyclic) bond motifs is 1. The van der Waals surface area contributed by atoms with Crippen LogP contribution >= 0.6 is 0 Å². The maximum Gasteiger partial charge on any atom is 0.330 e. The number of hydrogen-bond acceptors (Lipinski definition) is 3. The van der Waals surface area contributed by atoms with Gasteiger partial charge in [0.05, 0.1) is 7.11 Å². The van der Waals surface area contributed by atoms with Gasteiger partial charge in [0, 0.05) is 11.5 Å². The van der Waals surface area contributed by atoms with Crippen LogP contribution in [-0.2, 0) is 16.0 Å². The predicted octanol–water partition coefficient (Wildman–Crippen LogP) is 2.82. The topological polar surface area (TPSA) is 46.5 Å². The minimum Gasteiger partial charge on any atom is -0.507 e. The molecule has 2 rings (SSSR count). The van der Waals surface area contributed by atoms with Crippen LogP contribution in [0.25, 0.3) is 10.8 Å². The summed E-state index contributed by atoms with van der Waals surface area (Å²) in [6, 6.07) is 11.5. The molecule has 92 valence electrons. The van der Waals surface area contributed by atoms with E-state index in [2.05, 4.69) is 4.74 Å². The molecule has 0 fully saturated rings. The number of phenols is 1. The first kappa shape index (κ1) is 12.2. The van der Waals surface area contributed by atoms with Gasteiger partial charge in [-0.05, 0) is 17.4 Å². The minimum absolute atomic E-state index is 0.266. The summed E-state index contributed by atoms with van der Waals surface area (Å²) >= 11 is 0. The molecule has 0 aliphatic rings. The zero-order valence-corrected chi connectivity index (χ0v) is 10.1. The third-order valence-corrected chi connectivity index (χ3v) is 2.78. The second-order valence-electron chi connectivity index (χ2n) is 3.92. The van der Waals surface area contributed by atoms with Crippen molar-refractivity contribution < 1.29 is 14.6 Å². The van der Waals surface area contributed by atoms with Crippen LogP contribution in [0.15, 0.2) is 48.6 Å². The summed E-state index contributed by atoms with van der Waals surface area (Å²) in [7, 11) is 1.33. The minimum atomic E-state index is -0.393. The monoisotopic (exact) mass is 242 g/mol. The Hall–Kier alpha value is -2.29. The van der Waals surface area contributed by atoms with Crippen LogP contribution in [-0.4, -0.2) is 18.2 Å². The number of phenolic OH excluding ortho intramolecular Hbond substituents is 1. The molecule has 3 nitrogen and oxygen atoms in total. The molecule has 2 aromatic rings. The third-order valence-electron chi connectivity index (χ3n) is 2.78. The van der Waals surface area contributed by atoms with Crippen molar-refractivity contribution in [2.45, 2.75) is 6.42 Å². The largest absolute Gasteiger partial charge is 0.507 e. The lowest BCUT2D eigenvalue weighted by atomic mass is 10.0. The fourth-order valence-electron chi connectivity index (χ4n) is 1.82. The maximum absolute atomic E-state index is 10.9. The Morgan fingerprint density at radius 3 is 2.83 bits per heavy atom. The Bertz CT molecular complexity index is 600. The van der Waals surface area contributed by atoms with Crippen molar-refractivity contribution in [1.29, 1.82) is 0 Å². The van der Waals surface area contributed by atoms with Crippen molar-refractivity contribution in [3.8, 4) is 5.75 Å². The molecular weight excluding hydrogens is 228 g/mol. The van der Waals surface area contributed by atoms with Crippen LogP contribution in [0.5, 0.6) is 5.75 Å². The van der Waals surface area contributed by atoms with Crippen LogP contribution in [0.1, 0.15) is 5.56 Å². The molecule has 3 heteroatoms. The van der Waals surface area contributed by atoms with Crippen molar-refractivity contribution in [3.63, 3.8) is 0 Å². The van der Waals surface area contributed by atoms with E-state index >= 15 is 0 Å². The standard InChI is InChI=1S/C15H14O3/c1-18-14(16)8-4-6-12-10-9-11-5-2-3-7-13(11)15(12)17/h2-5,7-10,17H,6H2,1H3/b8-4+. The summed E-state index contributed by atoms with van der Waals surface area (Å²) in [5.41, 5.74) is 0.786. The molecule has 0 saturated heterocycles. The third kappa shape index (κ3) is 2.51. The Morgan fingerprint density at radius 2 is 2.06 bits per heavy atom. The zero-order chi connectivity index (χ0) is 13.0. The Balaban J connectivity index is 2.27. The van der Waals surface area contributed by atoms with Gasteiger partial charge in [-0.1, -0.05) is 42.5 Å². The molecule has 0 aliphatic carbocycles. The second kappa shape index (κ2) is 5.36. The SMILES string of the molecule is COC(=O)/C=C/Cc1ccc2ccccc2c1O. The van der Waals surface area contributed by atoms with Crippen LogP contribution in [0.4, 0.5) is 0 Å². The number of rotatable bonds is 3. The predicted molar refractivity (Wildman–Crippen MR) is 70.5 cm³/mol. The lowest BCUT2D eigenvalue weighted by Gasteiger charge is -2.05. The van der Waals surface area contributed by atoms with Gasteiger partial charge >= 0.3 is 5.97 Å². The normalized spacial score (nSPS) is 10.9. The van der Waals surface area contributed by atoms with E-state index in [4.69, 9.17) is 0 Å². The van der Waals surface area contributed by atoms with E-state index in [9.17, 15) is 9.90 Å². The fraction of sp³-hybridized carbons (Fsp3) is 0.133. The van der Waals surface area contributed by atoms with Gasteiger partial charge < -0.3 is 9.84 Å². The molecule has 0 bridgehead atoms. The van der Waals surface area contributed by atoms with Crippen molar-refractivity contribution in [2.24, 2.45) is 0 Å². The van der Waals surface area contributed by atoms with Crippen molar-refractivity contribution >= 4 is 16.7 Å². The Morgan fingerprint density at radius 1 is 1.28 bits per heavy atom. The van der Waals surface area contributed by atoms with E-state index < -0.39 is 5.97 Å². The van der Waals surface area contributed by atoms with Gasteiger partial charge in [0.2, 0.25) is 0 Å². The zero-order valence-electron chi connectivity index (χ0n) is 10.1. The number of allylic oxidation sites excluding steroid dienone is 1. The highest BCUT2D eigenvalue weighted by atomic mass is 16.5. The number of methoxy groups -OCH3 is 1. The van der Waals surface area contributed by atoms with Crippen molar-refractivity contribution in [1.82, 2.24) is 0 Å². The fourth-order valence-corrected chi connectivity index (χ4v) is 1.82. The summed E-state index contributed by atoms with van der Waals surface area (Å²) in [6.45, 7) is 0. The van der Waals surface area contributed by atoms with Gasteiger partial charge in [0.15, 0.2) is 0 Å². The molecule has 0 amide bonds. The van der Waals surface area contributed by atoms with Gasteiger partial charge in [-0.2, -0.15) is 0 Å². The summed E-state index contributed by atoms with van der Waals surface area (Å²) in [4.78, 5) is 10.9. The van der Waals surface area contributed by atoms with Gasteiger partial charge in [0.1, 0.15) is 5.75 Å². The summed E-state index contributed by atoms with van der Waals surface area (Å²) in [5.74, 6) is -0.127. The van der Waals surface area contributed by atoms with Crippen LogP contribution < -0.4 is 0 Å². The first-order valence-electron chi connectivity index (χ1n) is 5.66. The van der Waals surface area contributed by atoms with E-state index in [-0.39, 0.29) is 5.75 Å². The van der Waals surface area contributed by atoms with Gasteiger partial charge in [-0.15, -0.1) is 0 Å². The molecule has 0 radical (unpaired) electrons. The molecule has 1 N–H and O–H groups in total. The van der Waals surface area contributed by atoms with Crippen LogP contribution in [0.2, 0.25) is 0 Å². The molecule has 0 atom stereocenters. The first-order valence-corrected chi connectivity index (χ1v) is 5.66. The molecule has 0 saturated carbocycles. The second-order valence-corrected chi connectivity index (χ2v) is 3.92. The number of ether oxygens (including phenoxy) is 1. The summed E-state index contributed by atoms with van der Waals surface area (Å²) in [6.07, 6.45) is 3.52. The van der Waals surface area contributed by atoms with E-state index in [1.54, 1.807) is 6.08 Å². The molecule has 18 heavy (non-hydrogen) atoms. The molecule has 2 aromatic carbocycles. The number of aromatic hydroxyl groups is 1. The number of hydrogen-bond donors (Lipinski definition) is 1. The smallest absolute Gasteiger partial charge is 0.330 e. The molecule has 0 aliphatic heterocycles. The average molecular weight is 242 g/mol.